The van der Waals surface area contributed by atoms with Gasteiger partial charge in [0, 0.05) is 6.08 Å². The molecular formula is C35H46O20. The Bertz CT molecular complexity index is 1610. The number of aromatic hydroxyl groups is 4. The molecule has 3 saturated heterocycles. The van der Waals surface area contributed by atoms with Crippen molar-refractivity contribution in [2.24, 2.45) is 0 Å². The Labute approximate surface area is 313 Å². The summed E-state index contributed by atoms with van der Waals surface area (Å²) < 4.78 is 40.2. The largest absolute Gasteiger partial charge is 0.504 e. The van der Waals surface area contributed by atoms with Gasteiger partial charge in [-0.05, 0) is 54.8 Å². The predicted molar refractivity (Wildman–Crippen MR) is 180 cm³/mol. The second-order valence-electron chi connectivity index (χ2n) is 13.3. The minimum atomic E-state index is -1.88. The zero-order valence-electron chi connectivity index (χ0n) is 29.2. The zero-order valence-corrected chi connectivity index (χ0v) is 29.2. The van der Waals surface area contributed by atoms with Crippen molar-refractivity contribution < 1.29 is 99.2 Å². The van der Waals surface area contributed by atoms with Crippen molar-refractivity contribution >= 4 is 12.0 Å². The summed E-state index contributed by atoms with van der Waals surface area (Å²) in [4.78, 5) is 13.3. The number of carbonyl (C=O) groups excluding carboxylic acids is 1. The van der Waals surface area contributed by atoms with Gasteiger partial charge in [-0.15, -0.1) is 0 Å². The number of rotatable bonds is 13. The van der Waals surface area contributed by atoms with Crippen LogP contribution in [0.15, 0.2) is 42.5 Å². The van der Waals surface area contributed by atoms with Crippen LogP contribution in [0.3, 0.4) is 0 Å². The van der Waals surface area contributed by atoms with Crippen LogP contribution in [0, 0.1) is 0 Å². The lowest BCUT2D eigenvalue weighted by atomic mass is 9.96. The highest BCUT2D eigenvalue weighted by atomic mass is 16.8. The lowest BCUT2D eigenvalue weighted by molar-refractivity contribution is -0.364. The first kappa shape index (κ1) is 42.4. The Kier molecular flexibility index (Phi) is 14.3. The average Bonchev–Trinajstić information content (AvgIpc) is 3.16. The highest BCUT2D eigenvalue weighted by molar-refractivity contribution is 5.87. The van der Waals surface area contributed by atoms with E-state index in [2.05, 4.69) is 0 Å². The number of esters is 1. The van der Waals surface area contributed by atoms with E-state index in [0.717, 1.165) is 12.1 Å². The molecule has 7 unspecified atom stereocenters. The zero-order chi connectivity index (χ0) is 40.1. The van der Waals surface area contributed by atoms with E-state index in [0.29, 0.717) is 5.56 Å². The molecule has 3 heterocycles. The summed E-state index contributed by atoms with van der Waals surface area (Å²) in [5.74, 6) is -2.71. The van der Waals surface area contributed by atoms with Gasteiger partial charge in [-0.1, -0.05) is 12.1 Å². The van der Waals surface area contributed by atoms with E-state index in [4.69, 9.17) is 33.2 Å². The van der Waals surface area contributed by atoms with Gasteiger partial charge >= 0.3 is 5.97 Å². The molecule has 0 spiro atoms. The molecule has 55 heavy (non-hydrogen) atoms. The molecular weight excluding hydrogens is 740 g/mol. The number of aliphatic hydroxyl groups excluding tert-OH is 8. The first-order valence-corrected chi connectivity index (χ1v) is 17.2. The minimum absolute atomic E-state index is 0.111. The van der Waals surface area contributed by atoms with E-state index < -0.39 is 123 Å². The van der Waals surface area contributed by atoms with Crippen molar-refractivity contribution in [1.29, 1.82) is 0 Å². The van der Waals surface area contributed by atoms with Crippen LogP contribution in [0.25, 0.3) is 6.08 Å². The van der Waals surface area contributed by atoms with Crippen LogP contribution in [0.4, 0.5) is 0 Å². The van der Waals surface area contributed by atoms with E-state index >= 15 is 0 Å². The van der Waals surface area contributed by atoms with E-state index in [1.54, 1.807) is 0 Å². The van der Waals surface area contributed by atoms with Gasteiger partial charge in [0.05, 0.1) is 25.9 Å². The highest BCUT2D eigenvalue weighted by Gasteiger charge is 2.53. The first-order valence-electron chi connectivity index (χ1n) is 17.2. The molecule has 2 aromatic carbocycles. The summed E-state index contributed by atoms with van der Waals surface area (Å²) >= 11 is 0. The fraction of sp³-hybridized carbons (Fsp3) is 0.571. The van der Waals surface area contributed by atoms with Crippen molar-refractivity contribution in [3.05, 3.63) is 53.6 Å². The second kappa shape index (κ2) is 18.5. The number of hydrogen-bond acceptors (Lipinski definition) is 20. The highest BCUT2D eigenvalue weighted by Crippen LogP contribution is 2.33. The summed E-state index contributed by atoms with van der Waals surface area (Å²) in [5.41, 5.74) is 0.773. The Morgan fingerprint density at radius 1 is 0.673 bits per heavy atom. The number of benzene rings is 2. The molecule has 20 heteroatoms. The lowest BCUT2D eigenvalue weighted by Gasteiger charge is -2.47. The Morgan fingerprint density at radius 2 is 1.29 bits per heavy atom. The Hall–Kier alpha value is -3.71. The third-order valence-electron chi connectivity index (χ3n) is 9.36. The molecule has 0 aliphatic carbocycles. The van der Waals surface area contributed by atoms with Crippen molar-refractivity contribution in [2.45, 2.75) is 105 Å². The van der Waals surface area contributed by atoms with Crippen LogP contribution < -0.4 is 0 Å². The predicted octanol–water partition coefficient (Wildman–Crippen LogP) is -3.19. The molecule has 3 aliphatic heterocycles. The van der Waals surface area contributed by atoms with Crippen LogP contribution >= 0.6 is 0 Å². The van der Waals surface area contributed by atoms with Crippen molar-refractivity contribution in [2.75, 3.05) is 19.8 Å². The molecule has 15 atom stereocenters. The van der Waals surface area contributed by atoms with Crippen LogP contribution in [0.2, 0.25) is 0 Å². The van der Waals surface area contributed by atoms with Crippen LogP contribution in [0.5, 0.6) is 23.0 Å². The topological polar surface area (TPSA) is 324 Å². The van der Waals surface area contributed by atoms with Gasteiger partial charge in [-0.2, -0.15) is 0 Å². The van der Waals surface area contributed by atoms with Gasteiger partial charge in [0.15, 0.2) is 48.0 Å². The number of aliphatic hydroxyl groups is 8. The molecule has 5 rings (SSSR count). The molecule has 0 aromatic heterocycles. The van der Waals surface area contributed by atoms with E-state index in [1.165, 1.54) is 43.3 Å². The van der Waals surface area contributed by atoms with Crippen molar-refractivity contribution in [3.63, 3.8) is 0 Å². The lowest BCUT2D eigenvalue weighted by Crippen LogP contribution is -2.65. The normalized spacial score (nSPS) is 36.9. The number of hydrogen-bond donors (Lipinski definition) is 12. The smallest absolute Gasteiger partial charge is 0.331 e. The number of ether oxygens (including phenoxy) is 7. The Balaban J connectivity index is 1.43. The molecule has 2 aromatic rings. The van der Waals surface area contributed by atoms with Crippen LogP contribution in [0.1, 0.15) is 18.1 Å². The average molecular weight is 787 g/mol. The maximum absolute atomic E-state index is 13.3. The second-order valence-corrected chi connectivity index (χ2v) is 13.3. The van der Waals surface area contributed by atoms with Crippen molar-refractivity contribution in [1.82, 2.24) is 0 Å². The van der Waals surface area contributed by atoms with Gasteiger partial charge in [0.1, 0.15) is 61.0 Å². The van der Waals surface area contributed by atoms with Gasteiger partial charge in [-0.25, -0.2) is 4.79 Å². The van der Waals surface area contributed by atoms with Gasteiger partial charge in [-0.3, -0.25) is 0 Å². The first-order chi connectivity index (χ1) is 26.1. The molecule has 12 N–H and O–H groups in total. The van der Waals surface area contributed by atoms with E-state index in [-0.39, 0.29) is 30.1 Å². The summed E-state index contributed by atoms with van der Waals surface area (Å²) in [7, 11) is 0. The number of phenols is 4. The minimum Gasteiger partial charge on any atom is -0.504 e. The molecule has 0 amide bonds. The molecule has 0 radical (unpaired) electrons. The SMILES string of the molecule is CC1O[C@@H](O[C@@H]2C(O)C(OCCc3ccc(O)c(O)c3)O[C@H](CO[C@@H]3O[C@H](CO)C(O)C(O)C3O)C2OC(=O)/C=C/c2ccc(O)c(O)c2)[C@H](O)[C@H](O)[C@H]1O. The molecule has 306 valence electrons. The van der Waals surface area contributed by atoms with Crippen molar-refractivity contribution in [3.8, 4) is 23.0 Å². The molecule has 3 fully saturated rings. The maximum Gasteiger partial charge on any atom is 0.331 e. The summed E-state index contributed by atoms with van der Waals surface area (Å²) in [6.07, 6.45) is -22.6. The maximum atomic E-state index is 13.3. The quantitative estimate of drug-likeness (QED) is 0.0541. The summed E-state index contributed by atoms with van der Waals surface area (Å²) in [5, 5.41) is 123. The molecule has 3 aliphatic rings. The fourth-order valence-corrected chi connectivity index (χ4v) is 6.14. The fourth-order valence-electron chi connectivity index (χ4n) is 6.14. The standard InChI is InChI=1S/C35H46O20/c1-14-24(42)26(44)29(47)35(51-14)55-32-30(48)34(49-9-8-16-3-6-18(38)20(40)11-16)53-22(13-50-33-28(46)27(45)25(43)21(12-36)52-33)31(32)54-23(41)7-4-15-2-5-17(37)19(39)10-15/h2-7,10-11,14,21-22,24-40,42-48H,8-9,12-13H2,1H3/b7-4+/t14?,21-,22-,24+,25?,26-,27?,28?,29-,30?,31?,32-,33-,34?,35+/m1/s1. The van der Waals surface area contributed by atoms with Crippen LogP contribution in [-0.4, -0.2) is 179 Å². The van der Waals surface area contributed by atoms with Gasteiger partial charge in [0.2, 0.25) is 0 Å². The third kappa shape index (κ3) is 10.0. The van der Waals surface area contributed by atoms with Gasteiger partial charge in [0.25, 0.3) is 0 Å². The molecule has 0 bridgehead atoms. The molecule has 0 saturated carbocycles. The van der Waals surface area contributed by atoms with Gasteiger partial charge < -0.3 is 94.4 Å². The van der Waals surface area contributed by atoms with E-state index in [9.17, 15) is 66.1 Å². The van der Waals surface area contributed by atoms with Crippen LogP contribution in [-0.2, 0) is 44.4 Å². The molecule has 20 nitrogen and oxygen atoms in total. The summed E-state index contributed by atoms with van der Waals surface area (Å²) in [6.45, 7) is -0.254. The third-order valence-corrected chi connectivity index (χ3v) is 9.36. The number of phenolic OH excluding ortho intramolecular Hbond substituents is 4. The van der Waals surface area contributed by atoms with E-state index in [1.807, 2.05) is 0 Å². The Morgan fingerprint density at radius 3 is 1.96 bits per heavy atom. The monoisotopic (exact) mass is 786 g/mol. The summed E-state index contributed by atoms with van der Waals surface area (Å²) in [6, 6.07) is 7.75. The number of carbonyl (C=O) groups is 1.